The molecule has 8 heteroatoms. The fourth-order valence-corrected chi connectivity index (χ4v) is 3.14. The van der Waals surface area contributed by atoms with Gasteiger partial charge in [0.15, 0.2) is 6.61 Å². The molecular formula is C22H16F3N3O2. The number of amides is 1. The second-order valence-electron chi connectivity index (χ2n) is 6.59. The van der Waals surface area contributed by atoms with E-state index in [9.17, 15) is 18.0 Å². The van der Waals surface area contributed by atoms with Crippen molar-refractivity contribution in [3.8, 4) is 16.9 Å². The molecule has 1 aliphatic rings. The Balaban J connectivity index is 1.71. The van der Waals surface area contributed by atoms with Crippen LogP contribution in [0.15, 0.2) is 72.0 Å². The van der Waals surface area contributed by atoms with E-state index in [2.05, 4.69) is 9.98 Å². The normalized spacial score (nSPS) is 13.7. The number of fused-ring (bicyclic) bond motifs is 1. The lowest BCUT2D eigenvalue weighted by Gasteiger charge is -2.23. The van der Waals surface area contributed by atoms with E-state index in [1.54, 1.807) is 24.5 Å². The minimum absolute atomic E-state index is 0.0293. The molecule has 0 saturated heterocycles. The molecule has 0 radical (unpaired) electrons. The van der Waals surface area contributed by atoms with E-state index in [0.29, 0.717) is 17.1 Å². The van der Waals surface area contributed by atoms with Crippen molar-refractivity contribution in [2.24, 2.45) is 4.99 Å². The summed E-state index contributed by atoms with van der Waals surface area (Å²) in [4.78, 5) is 22.7. The van der Waals surface area contributed by atoms with Crippen LogP contribution in [0.4, 0.5) is 30.2 Å². The lowest BCUT2D eigenvalue weighted by molar-refractivity contribution is -0.153. The summed E-state index contributed by atoms with van der Waals surface area (Å²) >= 11 is 0. The van der Waals surface area contributed by atoms with E-state index in [1.807, 2.05) is 30.3 Å². The number of nitrogens with zero attached hydrogens (tertiary/aromatic N) is 3. The molecule has 0 N–H and O–H groups in total. The van der Waals surface area contributed by atoms with E-state index in [0.717, 1.165) is 11.1 Å². The first kappa shape index (κ1) is 19.6. The molecule has 0 spiro atoms. The lowest BCUT2D eigenvalue weighted by atomic mass is 10.1. The summed E-state index contributed by atoms with van der Waals surface area (Å²) in [5.74, 6) is -0.175. The Morgan fingerprint density at radius 1 is 1.03 bits per heavy atom. The van der Waals surface area contributed by atoms with Crippen molar-refractivity contribution in [3.63, 3.8) is 0 Å². The Labute approximate surface area is 170 Å². The fraction of sp³-hybridized carbons (Fsp3) is 0.136. The largest absolute Gasteiger partial charge is 0.484 e. The predicted octanol–water partition coefficient (Wildman–Crippen LogP) is 5.46. The standard InChI is InChI=1S/C22H16F3N3O2/c23-22(24,25)14-30-18-6-7-20-19(12-18)27-10-8-21(29)28(20)17-5-1-3-15(11-17)16-4-2-9-26-13-16/h1-7,9-13H,8,14H2. The highest BCUT2D eigenvalue weighted by molar-refractivity contribution is 6.10. The third-order valence-corrected chi connectivity index (χ3v) is 4.44. The first-order chi connectivity index (χ1) is 14.4. The summed E-state index contributed by atoms with van der Waals surface area (Å²) in [6.07, 6.45) is 0.470. The van der Waals surface area contributed by atoms with E-state index < -0.39 is 12.8 Å². The van der Waals surface area contributed by atoms with Gasteiger partial charge in [0.2, 0.25) is 5.91 Å². The summed E-state index contributed by atoms with van der Waals surface area (Å²) in [5, 5.41) is 0. The second-order valence-corrected chi connectivity index (χ2v) is 6.59. The number of aliphatic imine (C=N–C) groups is 1. The number of ether oxygens (including phenoxy) is 1. The molecule has 2 heterocycles. The third kappa shape index (κ3) is 4.32. The molecule has 0 fully saturated rings. The van der Waals surface area contributed by atoms with E-state index in [-0.39, 0.29) is 18.1 Å². The molecule has 0 saturated carbocycles. The van der Waals surface area contributed by atoms with Crippen LogP contribution in [0.25, 0.3) is 11.1 Å². The van der Waals surface area contributed by atoms with Gasteiger partial charge in [0.05, 0.1) is 17.8 Å². The quantitative estimate of drug-likeness (QED) is 0.573. The van der Waals surface area contributed by atoms with Crippen molar-refractivity contribution < 1.29 is 22.7 Å². The van der Waals surface area contributed by atoms with Gasteiger partial charge in [-0.05, 0) is 35.9 Å². The zero-order chi connectivity index (χ0) is 21.1. The maximum Gasteiger partial charge on any atom is 0.422 e. The lowest BCUT2D eigenvalue weighted by Crippen LogP contribution is -2.25. The van der Waals surface area contributed by atoms with Gasteiger partial charge in [-0.15, -0.1) is 0 Å². The summed E-state index contributed by atoms with van der Waals surface area (Å²) in [7, 11) is 0. The minimum Gasteiger partial charge on any atom is -0.484 e. The molecule has 4 rings (SSSR count). The van der Waals surface area contributed by atoms with Crippen LogP contribution >= 0.6 is 0 Å². The molecule has 1 aromatic heterocycles. The average molecular weight is 411 g/mol. The highest BCUT2D eigenvalue weighted by Crippen LogP contribution is 2.39. The van der Waals surface area contributed by atoms with Crippen LogP contribution < -0.4 is 9.64 Å². The van der Waals surface area contributed by atoms with E-state index in [4.69, 9.17) is 4.74 Å². The topological polar surface area (TPSA) is 54.8 Å². The average Bonchev–Trinajstić information content (AvgIpc) is 2.90. The van der Waals surface area contributed by atoms with E-state index in [1.165, 1.54) is 23.2 Å². The monoisotopic (exact) mass is 411 g/mol. The molecule has 30 heavy (non-hydrogen) atoms. The molecule has 1 amide bonds. The van der Waals surface area contributed by atoms with Crippen molar-refractivity contribution in [1.82, 2.24) is 4.98 Å². The van der Waals surface area contributed by atoms with Gasteiger partial charge in [-0.3, -0.25) is 19.7 Å². The van der Waals surface area contributed by atoms with Crippen LogP contribution in [0.3, 0.4) is 0 Å². The van der Waals surface area contributed by atoms with Crippen molar-refractivity contribution in [2.45, 2.75) is 12.6 Å². The number of hydrogen-bond acceptors (Lipinski definition) is 4. The summed E-state index contributed by atoms with van der Waals surface area (Å²) in [6, 6.07) is 15.5. The summed E-state index contributed by atoms with van der Waals surface area (Å²) in [5.41, 5.74) is 3.22. The molecule has 0 bridgehead atoms. The van der Waals surface area contributed by atoms with Crippen molar-refractivity contribution >= 4 is 29.2 Å². The van der Waals surface area contributed by atoms with Gasteiger partial charge >= 0.3 is 6.18 Å². The minimum atomic E-state index is -4.44. The molecule has 3 aromatic rings. The molecule has 2 aromatic carbocycles. The highest BCUT2D eigenvalue weighted by atomic mass is 19.4. The zero-order valence-electron chi connectivity index (χ0n) is 15.6. The third-order valence-electron chi connectivity index (χ3n) is 4.44. The maximum atomic E-state index is 12.8. The van der Waals surface area contributed by atoms with Crippen LogP contribution in [-0.4, -0.2) is 29.9 Å². The number of hydrogen-bond donors (Lipinski definition) is 0. The number of pyridine rings is 1. The molecule has 0 atom stereocenters. The molecule has 1 aliphatic heterocycles. The summed E-state index contributed by atoms with van der Waals surface area (Å²) in [6.45, 7) is -1.40. The number of rotatable bonds is 4. The Morgan fingerprint density at radius 2 is 1.87 bits per heavy atom. The molecule has 152 valence electrons. The van der Waals surface area contributed by atoms with Crippen LogP contribution in [-0.2, 0) is 4.79 Å². The Morgan fingerprint density at radius 3 is 2.63 bits per heavy atom. The zero-order valence-corrected chi connectivity index (χ0v) is 15.6. The van der Waals surface area contributed by atoms with Crippen molar-refractivity contribution in [1.29, 1.82) is 0 Å². The van der Waals surface area contributed by atoms with Gasteiger partial charge < -0.3 is 4.74 Å². The van der Waals surface area contributed by atoms with Crippen LogP contribution in [0.1, 0.15) is 6.42 Å². The highest BCUT2D eigenvalue weighted by Gasteiger charge is 2.29. The van der Waals surface area contributed by atoms with Gasteiger partial charge in [0.25, 0.3) is 0 Å². The molecule has 0 aliphatic carbocycles. The predicted molar refractivity (Wildman–Crippen MR) is 108 cm³/mol. The Bertz CT molecular complexity index is 1100. The van der Waals surface area contributed by atoms with Gasteiger partial charge in [0, 0.05) is 35.9 Å². The van der Waals surface area contributed by atoms with Crippen LogP contribution in [0.2, 0.25) is 0 Å². The van der Waals surface area contributed by atoms with Crippen molar-refractivity contribution in [3.05, 3.63) is 67.0 Å². The number of anilines is 2. The van der Waals surface area contributed by atoms with Crippen LogP contribution in [0.5, 0.6) is 5.75 Å². The smallest absolute Gasteiger partial charge is 0.422 e. The number of halogens is 3. The first-order valence-electron chi connectivity index (χ1n) is 9.10. The number of benzene rings is 2. The fourth-order valence-electron chi connectivity index (χ4n) is 3.14. The molecular weight excluding hydrogens is 395 g/mol. The number of aromatic nitrogens is 1. The van der Waals surface area contributed by atoms with Gasteiger partial charge in [0.1, 0.15) is 5.75 Å². The van der Waals surface area contributed by atoms with Gasteiger partial charge in [-0.1, -0.05) is 18.2 Å². The first-order valence-corrected chi connectivity index (χ1v) is 9.10. The summed E-state index contributed by atoms with van der Waals surface area (Å²) < 4.78 is 42.2. The number of carbonyl (C=O) groups is 1. The molecule has 0 unspecified atom stereocenters. The van der Waals surface area contributed by atoms with Gasteiger partial charge in [-0.2, -0.15) is 13.2 Å². The SMILES string of the molecule is O=C1CC=Nc2cc(OCC(F)(F)F)ccc2N1c1cccc(-c2cccnc2)c1. The Kier molecular flexibility index (Phi) is 5.22. The number of alkyl halides is 3. The van der Waals surface area contributed by atoms with Gasteiger partial charge in [-0.25, -0.2) is 0 Å². The van der Waals surface area contributed by atoms with Crippen molar-refractivity contribution in [2.75, 3.05) is 11.5 Å². The number of carbonyl (C=O) groups excluding carboxylic acids is 1. The van der Waals surface area contributed by atoms with E-state index >= 15 is 0 Å². The maximum absolute atomic E-state index is 12.8. The Hall–Kier alpha value is -3.68. The molecule has 5 nitrogen and oxygen atoms in total. The van der Waals surface area contributed by atoms with Crippen LogP contribution in [0, 0.1) is 0 Å². The second kappa shape index (κ2) is 7.98.